The number of hydrogen-bond acceptors (Lipinski definition) is 3. The van der Waals surface area contributed by atoms with Crippen molar-refractivity contribution in [3.05, 3.63) is 11.4 Å². The molecule has 4 nitrogen and oxygen atoms in total. The van der Waals surface area contributed by atoms with Gasteiger partial charge in [-0.1, -0.05) is 13.8 Å². The van der Waals surface area contributed by atoms with Gasteiger partial charge in [0.1, 0.15) is 11.8 Å². The molecule has 2 rings (SSSR count). The zero-order valence-electron chi connectivity index (χ0n) is 11.4. The zero-order valence-corrected chi connectivity index (χ0v) is 11.4. The molecule has 0 radical (unpaired) electrons. The van der Waals surface area contributed by atoms with Crippen LogP contribution in [0.1, 0.15) is 38.1 Å². The summed E-state index contributed by atoms with van der Waals surface area (Å²) in [6.45, 7) is 8.42. The predicted octanol–water partition coefficient (Wildman–Crippen LogP) is 1.93. The first-order valence-electron chi connectivity index (χ1n) is 6.32. The second-order valence-corrected chi connectivity index (χ2v) is 5.43. The Morgan fingerprint density at radius 3 is 2.59 bits per heavy atom. The van der Waals surface area contributed by atoms with E-state index in [1.807, 2.05) is 25.6 Å². The van der Waals surface area contributed by atoms with Crippen molar-refractivity contribution in [2.24, 2.45) is 18.2 Å². The van der Waals surface area contributed by atoms with Crippen LogP contribution in [0, 0.1) is 19.3 Å². The molecule has 1 aromatic rings. The first-order valence-corrected chi connectivity index (χ1v) is 6.32. The number of nitrogens with two attached hydrogens (primary N) is 1. The van der Waals surface area contributed by atoms with Crippen LogP contribution in [0.5, 0.6) is 5.75 Å². The second-order valence-electron chi connectivity index (χ2n) is 5.43. The Morgan fingerprint density at radius 1 is 1.53 bits per heavy atom. The summed E-state index contributed by atoms with van der Waals surface area (Å²) in [6.07, 6.45) is 2.22. The molecule has 17 heavy (non-hydrogen) atoms. The maximum absolute atomic E-state index is 6.15. The molecule has 4 heteroatoms. The van der Waals surface area contributed by atoms with Crippen molar-refractivity contribution >= 4 is 0 Å². The van der Waals surface area contributed by atoms with E-state index < -0.39 is 0 Å². The number of aromatic nitrogens is 2. The Hall–Kier alpha value is -1.03. The standard InChI is InChI=1S/C13H23N3O/c1-6-13(4)10(14)7-11(13)17-12-8(2)15-16(5)9(12)3/h10-11H,6-7,14H2,1-5H3. The fraction of sp³-hybridized carbons (Fsp3) is 0.769. The Bertz CT molecular complexity index is 427. The highest BCUT2D eigenvalue weighted by molar-refractivity contribution is 5.32. The summed E-state index contributed by atoms with van der Waals surface area (Å²) in [7, 11) is 1.95. The van der Waals surface area contributed by atoms with Gasteiger partial charge in [-0.25, -0.2) is 0 Å². The monoisotopic (exact) mass is 237 g/mol. The van der Waals surface area contributed by atoms with Crippen molar-refractivity contribution in [2.45, 2.75) is 52.7 Å². The van der Waals surface area contributed by atoms with Crippen LogP contribution in [0.15, 0.2) is 0 Å². The van der Waals surface area contributed by atoms with Crippen molar-refractivity contribution in [3.63, 3.8) is 0 Å². The van der Waals surface area contributed by atoms with E-state index in [0.717, 1.165) is 30.0 Å². The molecule has 1 aliphatic rings. The third-order valence-electron chi connectivity index (χ3n) is 4.52. The van der Waals surface area contributed by atoms with Crippen molar-refractivity contribution in [2.75, 3.05) is 0 Å². The lowest BCUT2D eigenvalue weighted by molar-refractivity contribution is -0.0566. The third-order valence-corrected chi connectivity index (χ3v) is 4.52. The molecule has 2 N–H and O–H groups in total. The molecule has 0 saturated heterocycles. The SMILES string of the molecule is CCC1(C)C(N)CC1Oc1c(C)nn(C)c1C. The topological polar surface area (TPSA) is 53.1 Å². The summed E-state index contributed by atoms with van der Waals surface area (Å²) >= 11 is 0. The molecule has 96 valence electrons. The predicted molar refractivity (Wildman–Crippen MR) is 68.1 cm³/mol. The first kappa shape index (κ1) is 12.4. The van der Waals surface area contributed by atoms with E-state index in [4.69, 9.17) is 10.5 Å². The Morgan fingerprint density at radius 2 is 2.18 bits per heavy atom. The highest BCUT2D eigenvalue weighted by Gasteiger charge is 2.50. The summed E-state index contributed by atoms with van der Waals surface area (Å²) in [4.78, 5) is 0. The van der Waals surface area contributed by atoms with Crippen LogP contribution in [0.25, 0.3) is 0 Å². The summed E-state index contributed by atoms with van der Waals surface area (Å²) in [5.41, 5.74) is 8.24. The van der Waals surface area contributed by atoms with Crippen LogP contribution >= 0.6 is 0 Å². The molecule has 0 aromatic carbocycles. The molecule has 1 aromatic heterocycles. The minimum atomic E-state index is 0.106. The van der Waals surface area contributed by atoms with E-state index in [-0.39, 0.29) is 17.6 Å². The molecule has 3 unspecified atom stereocenters. The number of nitrogens with zero attached hydrogens (tertiary/aromatic N) is 2. The van der Waals surface area contributed by atoms with Crippen molar-refractivity contribution in [1.82, 2.24) is 9.78 Å². The molecule has 1 aliphatic carbocycles. The minimum Gasteiger partial charge on any atom is -0.486 e. The van der Waals surface area contributed by atoms with Crippen LogP contribution < -0.4 is 10.5 Å². The Labute approximate surface area is 103 Å². The maximum Gasteiger partial charge on any atom is 0.163 e. The van der Waals surface area contributed by atoms with E-state index in [1.165, 1.54) is 0 Å². The van der Waals surface area contributed by atoms with E-state index in [1.54, 1.807) is 0 Å². The molecule has 0 spiro atoms. The number of ether oxygens (including phenoxy) is 1. The van der Waals surface area contributed by atoms with Crippen LogP contribution in [-0.4, -0.2) is 21.9 Å². The van der Waals surface area contributed by atoms with Gasteiger partial charge in [0.25, 0.3) is 0 Å². The first-order chi connectivity index (χ1) is 7.90. The van der Waals surface area contributed by atoms with Gasteiger partial charge in [0.2, 0.25) is 0 Å². The van der Waals surface area contributed by atoms with Gasteiger partial charge in [-0.05, 0) is 20.3 Å². The van der Waals surface area contributed by atoms with Crippen molar-refractivity contribution < 1.29 is 4.74 Å². The van der Waals surface area contributed by atoms with Crippen molar-refractivity contribution in [1.29, 1.82) is 0 Å². The third kappa shape index (κ3) is 1.75. The highest BCUT2D eigenvalue weighted by atomic mass is 16.5. The molecule has 0 amide bonds. The molecule has 0 bridgehead atoms. The largest absolute Gasteiger partial charge is 0.486 e. The van der Waals surface area contributed by atoms with Crippen molar-refractivity contribution in [3.8, 4) is 5.75 Å². The maximum atomic E-state index is 6.15. The van der Waals surface area contributed by atoms with Gasteiger partial charge in [-0.15, -0.1) is 0 Å². The van der Waals surface area contributed by atoms with Crippen LogP contribution in [0.2, 0.25) is 0 Å². The lowest BCUT2D eigenvalue weighted by Gasteiger charge is -2.51. The minimum absolute atomic E-state index is 0.106. The fourth-order valence-electron chi connectivity index (χ4n) is 2.59. The normalized spacial score (nSPS) is 32.4. The fourth-order valence-corrected chi connectivity index (χ4v) is 2.59. The summed E-state index contributed by atoms with van der Waals surface area (Å²) in [5, 5.41) is 4.38. The molecular formula is C13H23N3O. The van der Waals surface area contributed by atoms with E-state index in [9.17, 15) is 0 Å². The van der Waals surface area contributed by atoms with E-state index >= 15 is 0 Å². The number of hydrogen-bond donors (Lipinski definition) is 1. The smallest absolute Gasteiger partial charge is 0.163 e. The van der Waals surface area contributed by atoms with E-state index in [0.29, 0.717) is 0 Å². The van der Waals surface area contributed by atoms with Gasteiger partial charge in [0, 0.05) is 24.9 Å². The quantitative estimate of drug-likeness (QED) is 0.874. The summed E-state index contributed by atoms with van der Waals surface area (Å²) in [5.74, 6) is 0.934. The summed E-state index contributed by atoms with van der Waals surface area (Å²) in [6, 6.07) is 0.259. The molecule has 3 atom stereocenters. The second kappa shape index (κ2) is 4.02. The lowest BCUT2D eigenvalue weighted by atomic mass is 9.62. The van der Waals surface area contributed by atoms with Gasteiger partial charge in [0.15, 0.2) is 5.75 Å². The molecule has 1 saturated carbocycles. The zero-order chi connectivity index (χ0) is 12.8. The van der Waals surface area contributed by atoms with Gasteiger partial charge in [-0.2, -0.15) is 5.10 Å². The number of aryl methyl sites for hydroxylation is 2. The van der Waals surface area contributed by atoms with Crippen LogP contribution in [0.4, 0.5) is 0 Å². The van der Waals surface area contributed by atoms with Crippen LogP contribution in [0.3, 0.4) is 0 Å². The van der Waals surface area contributed by atoms with Crippen LogP contribution in [-0.2, 0) is 7.05 Å². The lowest BCUT2D eigenvalue weighted by Crippen LogP contribution is -2.61. The molecule has 1 fully saturated rings. The highest BCUT2D eigenvalue weighted by Crippen LogP contribution is 2.45. The van der Waals surface area contributed by atoms with E-state index in [2.05, 4.69) is 18.9 Å². The van der Waals surface area contributed by atoms with Gasteiger partial charge < -0.3 is 10.5 Å². The van der Waals surface area contributed by atoms with Gasteiger partial charge in [0.05, 0.1) is 5.69 Å². The summed E-state index contributed by atoms with van der Waals surface area (Å²) < 4.78 is 8.01. The van der Waals surface area contributed by atoms with Gasteiger partial charge in [-0.3, -0.25) is 4.68 Å². The Kier molecular flexibility index (Phi) is 2.94. The Balaban J connectivity index is 2.17. The van der Waals surface area contributed by atoms with Gasteiger partial charge >= 0.3 is 0 Å². The molecule has 1 heterocycles. The number of rotatable bonds is 3. The molecule has 0 aliphatic heterocycles. The average Bonchev–Trinajstić information content (AvgIpc) is 2.53. The molecular weight excluding hydrogens is 214 g/mol. The average molecular weight is 237 g/mol.